The summed E-state index contributed by atoms with van der Waals surface area (Å²) in [6, 6.07) is 0. The van der Waals surface area contributed by atoms with Gasteiger partial charge in [-0.05, 0) is 50.9 Å². The highest BCUT2D eigenvalue weighted by molar-refractivity contribution is 14.0. The molecule has 1 aliphatic carbocycles. The minimum atomic E-state index is 0. The maximum atomic E-state index is 12.4. The van der Waals surface area contributed by atoms with Gasteiger partial charge in [-0.25, -0.2) is 9.48 Å². The number of nitrogens with zero attached hydrogens (tertiary/aromatic N) is 4. The molecule has 1 aromatic heterocycles. The lowest BCUT2D eigenvalue weighted by Crippen LogP contribution is -2.39. The summed E-state index contributed by atoms with van der Waals surface area (Å²) in [5.41, 5.74) is 0.460. The molecular weight excluding hydrogens is 467 g/mol. The molecule has 2 heterocycles. The smallest absolute Gasteiger partial charge is 0.345 e. The zero-order valence-electron chi connectivity index (χ0n) is 17.5. The van der Waals surface area contributed by atoms with Gasteiger partial charge in [0.25, 0.3) is 0 Å². The summed E-state index contributed by atoms with van der Waals surface area (Å²) in [7, 11) is 0. The quantitative estimate of drug-likeness (QED) is 0.247. The van der Waals surface area contributed by atoms with Gasteiger partial charge < -0.3 is 10.6 Å². The second kappa shape index (κ2) is 11.2. The van der Waals surface area contributed by atoms with Crippen LogP contribution in [0.2, 0.25) is 0 Å². The van der Waals surface area contributed by atoms with E-state index < -0.39 is 0 Å². The van der Waals surface area contributed by atoms with Crippen molar-refractivity contribution in [3.8, 4) is 0 Å². The van der Waals surface area contributed by atoms with Gasteiger partial charge in [-0.2, -0.15) is 5.10 Å². The van der Waals surface area contributed by atoms with Crippen LogP contribution in [0.5, 0.6) is 0 Å². The van der Waals surface area contributed by atoms with Gasteiger partial charge >= 0.3 is 5.69 Å². The predicted molar refractivity (Wildman–Crippen MR) is 125 cm³/mol. The van der Waals surface area contributed by atoms with E-state index in [0.717, 1.165) is 63.6 Å². The molecule has 0 radical (unpaired) electrons. The molecule has 0 bridgehead atoms. The summed E-state index contributed by atoms with van der Waals surface area (Å²) in [6.45, 7) is 8.43. The van der Waals surface area contributed by atoms with Crippen molar-refractivity contribution in [2.75, 3.05) is 19.6 Å². The van der Waals surface area contributed by atoms with E-state index in [2.05, 4.69) is 29.6 Å². The van der Waals surface area contributed by atoms with Crippen LogP contribution >= 0.6 is 24.0 Å². The molecule has 2 aliphatic rings. The first-order chi connectivity index (χ1) is 13.2. The molecule has 7 nitrogen and oxygen atoms in total. The van der Waals surface area contributed by atoms with Gasteiger partial charge in [0.2, 0.25) is 0 Å². The van der Waals surface area contributed by atoms with E-state index in [1.54, 1.807) is 4.68 Å². The summed E-state index contributed by atoms with van der Waals surface area (Å²) in [6.07, 6.45) is 10.5. The molecule has 1 aliphatic heterocycles. The van der Waals surface area contributed by atoms with E-state index in [4.69, 9.17) is 4.99 Å². The predicted octanol–water partition coefficient (Wildman–Crippen LogP) is 2.91. The van der Waals surface area contributed by atoms with Gasteiger partial charge in [0, 0.05) is 39.1 Å². The number of guanidine groups is 1. The normalized spacial score (nSPS) is 18.4. The first-order valence-corrected chi connectivity index (χ1v) is 10.9. The SMILES string of the molecule is CCNC(=NCC1(CC)CCCC1)NCCCn1nc2n(c1=O)CCCC2.I. The van der Waals surface area contributed by atoms with Crippen molar-refractivity contribution in [1.29, 1.82) is 0 Å². The third kappa shape index (κ3) is 5.73. The highest BCUT2D eigenvalue weighted by Crippen LogP contribution is 2.41. The molecule has 0 unspecified atom stereocenters. The standard InChI is InChI=1S/C20H36N6O.HI/c1-3-20(11-6-7-12-20)16-23-18(21-4-2)22-13-9-15-26-19(27)25-14-8-5-10-17(25)24-26;/h3-16H2,1-2H3,(H2,21,22,23);1H. The lowest BCUT2D eigenvalue weighted by molar-refractivity contribution is 0.297. The van der Waals surface area contributed by atoms with Crippen LogP contribution in [0.15, 0.2) is 9.79 Å². The highest BCUT2D eigenvalue weighted by Gasteiger charge is 2.31. The van der Waals surface area contributed by atoms with Gasteiger partial charge in [-0.1, -0.05) is 19.8 Å². The van der Waals surface area contributed by atoms with Crippen LogP contribution in [0.4, 0.5) is 0 Å². The summed E-state index contributed by atoms with van der Waals surface area (Å²) < 4.78 is 3.48. The summed E-state index contributed by atoms with van der Waals surface area (Å²) in [5, 5.41) is 11.3. The molecule has 28 heavy (non-hydrogen) atoms. The van der Waals surface area contributed by atoms with E-state index in [-0.39, 0.29) is 29.7 Å². The Labute approximate surface area is 185 Å². The Hall–Kier alpha value is -1.06. The molecule has 0 aromatic carbocycles. The Kier molecular flexibility index (Phi) is 9.30. The van der Waals surface area contributed by atoms with Crippen molar-refractivity contribution in [3.05, 3.63) is 16.3 Å². The van der Waals surface area contributed by atoms with Crippen LogP contribution in [0.1, 0.15) is 71.0 Å². The van der Waals surface area contributed by atoms with Crippen LogP contribution in [-0.4, -0.2) is 39.9 Å². The van der Waals surface area contributed by atoms with Crippen LogP contribution < -0.4 is 16.3 Å². The lowest BCUT2D eigenvalue weighted by atomic mass is 9.84. The van der Waals surface area contributed by atoms with Crippen molar-refractivity contribution in [2.24, 2.45) is 10.4 Å². The minimum absolute atomic E-state index is 0. The van der Waals surface area contributed by atoms with Crippen molar-refractivity contribution in [1.82, 2.24) is 25.0 Å². The molecule has 0 atom stereocenters. The number of rotatable bonds is 8. The third-order valence-corrected chi connectivity index (χ3v) is 6.20. The lowest BCUT2D eigenvalue weighted by Gasteiger charge is -2.25. The Balaban J connectivity index is 0.00000280. The number of hydrogen-bond donors (Lipinski definition) is 2. The van der Waals surface area contributed by atoms with E-state index in [1.807, 2.05) is 4.57 Å². The van der Waals surface area contributed by atoms with Crippen molar-refractivity contribution < 1.29 is 0 Å². The first kappa shape index (κ1) is 23.2. The van der Waals surface area contributed by atoms with Crippen LogP contribution in [0, 0.1) is 5.41 Å². The molecule has 0 saturated heterocycles. The monoisotopic (exact) mass is 504 g/mol. The number of aromatic nitrogens is 3. The third-order valence-electron chi connectivity index (χ3n) is 6.20. The fourth-order valence-corrected chi connectivity index (χ4v) is 4.37. The number of aryl methyl sites for hydroxylation is 2. The van der Waals surface area contributed by atoms with Crippen LogP contribution in [-0.2, 0) is 19.5 Å². The first-order valence-electron chi connectivity index (χ1n) is 10.9. The summed E-state index contributed by atoms with van der Waals surface area (Å²) in [5.74, 6) is 1.85. The maximum absolute atomic E-state index is 12.4. The van der Waals surface area contributed by atoms with Gasteiger partial charge in [-0.15, -0.1) is 24.0 Å². The second-order valence-electron chi connectivity index (χ2n) is 8.07. The zero-order chi connectivity index (χ0) is 19.1. The van der Waals surface area contributed by atoms with E-state index >= 15 is 0 Å². The Morgan fingerprint density at radius 2 is 1.96 bits per heavy atom. The number of aliphatic imine (C=N–C) groups is 1. The summed E-state index contributed by atoms with van der Waals surface area (Å²) >= 11 is 0. The maximum Gasteiger partial charge on any atom is 0.345 e. The van der Waals surface area contributed by atoms with Crippen molar-refractivity contribution in [3.63, 3.8) is 0 Å². The van der Waals surface area contributed by atoms with E-state index in [1.165, 1.54) is 32.1 Å². The minimum Gasteiger partial charge on any atom is -0.357 e. The average Bonchev–Trinajstić information content (AvgIpc) is 3.29. The Morgan fingerprint density at radius 3 is 2.64 bits per heavy atom. The molecule has 1 saturated carbocycles. The Bertz CT molecular complexity index is 689. The fraction of sp³-hybridized carbons (Fsp3) is 0.850. The van der Waals surface area contributed by atoms with Crippen LogP contribution in [0.25, 0.3) is 0 Å². The molecule has 160 valence electrons. The number of halogens is 1. The fourth-order valence-electron chi connectivity index (χ4n) is 4.37. The molecule has 0 spiro atoms. The molecular formula is C20H37IN6O. The molecule has 1 aromatic rings. The molecule has 2 N–H and O–H groups in total. The van der Waals surface area contributed by atoms with Gasteiger partial charge in [0.05, 0.1) is 0 Å². The van der Waals surface area contributed by atoms with Gasteiger partial charge in [-0.3, -0.25) is 9.56 Å². The highest BCUT2D eigenvalue weighted by atomic mass is 127. The average molecular weight is 504 g/mol. The van der Waals surface area contributed by atoms with Gasteiger partial charge in [0.15, 0.2) is 5.96 Å². The van der Waals surface area contributed by atoms with Crippen molar-refractivity contribution >= 4 is 29.9 Å². The molecule has 1 fully saturated rings. The molecule has 8 heteroatoms. The topological polar surface area (TPSA) is 76.2 Å². The Morgan fingerprint density at radius 1 is 1.18 bits per heavy atom. The number of fused-ring (bicyclic) bond motifs is 1. The van der Waals surface area contributed by atoms with E-state index in [9.17, 15) is 4.79 Å². The molecule has 0 amide bonds. The number of nitrogens with one attached hydrogen (secondary N) is 2. The largest absolute Gasteiger partial charge is 0.357 e. The zero-order valence-corrected chi connectivity index (χ0v) is 19.8. The van der Waals surface area contributed by atoms with Gasteiger partial charge in [0.1, 0.15) is 5.82 Å². The summed E-state index contributed by atoms with van der Waals surface area (Å²) in [4.78, 5) is 17.2. The number of hydrogen-bond acceptors (Lipinski definition) is 3. The molecule has 3 rings (SSSR count). The van der Waals surface area contributed by atoms with Crippen LogP contribution in [0.3, 0.4) is 0 Å². The van der Waals surface area contributed by atoms with Crippen molar-refractivity contribution in [2.45, 2.75) is 84.7 Å². The van der Waals surface area contributed by atoms with E-state index in [0.29, 0.717) is 12.0 Å². The second-order valence-corrected chi connectivity index (χ2v) is 8.07.